The molecule has 0 aliphatic carbocycles. The maximum atomic E-state index is 4.94. The van der Waals surface area contributed by atoms with E-state index < -0.39 is 0 Å². The van der Waals surface area contributed by atoms with Gasteiger partial charge in [0.25, 0.3) is 0 Å². The number of benzene rings is 7. The van der Waals surface area contributed by atoms with Crippen molar-refractivity contribution in [2.75, 3.05) is 0 Å². The average molecular weight is 613 g/mol. The zero-order valence-electron chi connectivity index (χ0n) is 26.0. The highest BCUT2D eigenvalue weighted by Crippen LogP contribution is 2.38. The van der Waals surface area contributed by atoms with Crippen LogP contribution in [0.5, 0.6) is 0 Å². The van der Waals surface area contributed by atoms with Gasteiger partial charge in [-0.25, -0.2) is 15.0 Å². The molecule has 0 saturated carbocycles. The van der Waals surface area contributed by atoms with Gasteiger partial charge in [0.15, 0.2) is 17.5 Å². The molecule has 2 aromatic heterocycles. The zero-order valence-corrected chi connectivity index (χ0v) is 26.0. The summed E-state index contributed by atoms with van der Waals surface area (Å²) in [6, 6.07) is 55.4. The molecule has 0 aliphatic rings. The molecule has 7 aromatic carbocycles. The zero-order chi connectivity index (χ0) is 31.9. The SMILES string of the molecule is c1ccc(-c2nc(-c3ccncc3)nc(-c3cccc(-c4cccc(-c5ccc6c7ccccc7c7ccccc7c6c5)c4)c3)n2)cc1. The largest absolute Gasteiger partial charge is 0.265 e. The Labute approximate surface area is 278 Å². The second kappa shape index (κ2) is 11.7. The summed E-state index contributed by atoms with van der Waals surface area (Å²) >= 11 is 0. The molecule has 2 heterocycles. The van der Waals surface area contributed by atoms with Gasteiger partial charge in [-0.05, 0) is 84.9 Å². The van der Waals surface area contributed by atoms with Crippen LogP contribution in [0.2, 0.25) is 0 Å². The number of rotatable bonds is 5. The van der Waals surface area contributed by atoms with Gasteiger partial charge in [0.05, 0.1) is 0 Å². The Hall–Kier alpha value is -6.52. The highest BCUT2D eigenvalue weighted by atomic mass is 15.0. The van der Waals surface area contributed by atoms with E-state index in [2.05, 4.69) is 120 Å². The van der Waals surface area contributed by atoms with Crippen LogP contribution in [-0.2, 0) is 0 Å². The van der Waals surface area contributed by atoms with Gasteiger partial charge in [-0.1, -0.05) is 127 Å². The van der Waals surface area contributed by atoms with Gasteiger partial charge in [0, 0.05) is 29.1 Å². The minimum atomic E-state index is 0.616. The van der Waals surface area contributed by atoms with Crippen molar-refractivity contribution in [1.82, 2.24) is 19.9 Å². The van der Waals surface area contributed by atoms with Crippen molar-refractivity contribution in [2.24, 2.45) is 0 Å². The summed E-state index contributed by atoms with van der Waals surface area (Å²) in [6.45, 7) is 0. The molecule has 48 heavy (non-hydrogen) atoms. The van der Waals surface area contributed by atoms with Crippen LogP contribution >= 0.6 is 0 Å². The first-order valence-electron chi connectivity index (χ1n) is 16.0. The second-order valence-corrected chi connectivity index (χ2v) is 11.9. The summed E-state index contributed by atoms with van der Waals surface area (Å²) in [5.41, 5.74) is 7.35. The molecule has 0 radical (unpaired) electrons. The fraction of sp³-hybridized carbons (Fsp3) is 0. The third-order valence-corrected chi connectivity index (χ3v) is 9.00. The maximum Gasteiger partial charge on any atom is 0.164 e. The molecule has 4 heteroatoms. The van der Waals surface area contributed by atoms with Crippen LogP contribution < -0.4 is 0 Å². The van der Waals surface area contributed by atoms with Crippen LogP contribution in [-0.4, -0.2) is 19.9 Å². The molecule has 0 unspecified atom stereocenters. The Morgan fingerprint density at radius 2 is 0.646 bits per heavy atom. The molecule has 0 fully saturated rings. The molecule has 9 rings (SSSR count). The molecular weight excluding hydrogens is 585 g/mol. The van der Waals surface area contributed by atoms with Crippen molar-refractivity contribution < 1.29 is 0 Å². The topological polar surface area (TPSA) is 51.6 Å². The third kappa shape index (κ3) is 4.97. The number of nitrogens with zero attached hydrogens (tertiary/aromatic N) is 4. The molecule has 9 aromatic rings. The lowest BCUT2D eigenvalue weighted by atomic mass is 9.91. The Balaban J connectivity index is 1.14. The Kier molecular flexibility index (Phi) is 6.76. The fourth-order valence-corrected chi connectivity index (χ4v) is 6.65. The predicted octanol–water partition coefficient (Wildman–Crippen LogP) is 11.1. The van der Waals surface area contributed by atoms with Gasteiger partial charge in [-0.2, -0.15) is 0 Å². The number of hydrogen-bond donors (Lipinski definition) is 0. The maximum absolute atomic E-state index is 4.94. The van der Waals surface area contributed by atoms with Gasteiger partial charge >= 0.3 is 0 Å². The quantitative estimate of drug-likeness (QED) is 0.181. The molecular formula is C44H28N4. The first-order valence-corrected chi connectivity index (χ1v) is 16.0. The van der Waals surface area contributed by atoms with E-state index >= 15 is 0 Å². The van der Waals surface area contributed by atoms with Crippen molar-refractivity contribution in [1.29, 1.82) is 0 Å². The Morgan fingerprint density at radius 1 is 0.250 bits per heavy atom. The van der Waals surface area contributed by atoms with Gasteiger partial charge in [-0.15, -0.1) is 0 Å². The van der Waals surface area contributed by atoms with Gasteiger partial charge in [0.1, 0.15) is 0 Å². The molecule has 0 saturated heterocycles. The minimum absolute atomic E-state index is 0.616. The van der Waals surface area contributed by atoms with Crippen LogP contribution in [0, 0.1) is 0 Å². The first-order chi connectivity index (χ1) is 23.8. The van der Waals surface area contributed by atoms with Crippen molar-refractivity contribution in [3.8, 4) is 56.4 Å². The van der Waals surface area contributed by atoms with Crippen LogP contribution in [0.4, 0.5) is 0 Å². The molecule has 0 bridgehead atoms. The molecule has 0 amide bonds. The monoisotopic (exact) mass is 612 g/mol. The highest BCUT2D eigenvalue weighted by Gasteiger charge is 2.14. The third-order valence-electron chi connectivity index (χ3n) is 9.00. The van der Waals surface area contributed by atoms with Crippen LogP contribution in [0.25, 0.3) is 88.7 Å². The molecule has 0 N–H and O–H groups in total. The summed E-state index contributed by atoms with van der Waals surface area (Å²) in [7, 11) is 0. The van der Waals surface area contributed by atoms with E-state index in [1.54, 1.807) is 12.4 Å². The normalized spacial score (nSPS) is 11.3. The lowest BCUT2D eigenvalue weighted by Crippen LogP contribution is -2.00. The smallest absolute Gasteiger partial charge is 0.164 e. The second-order valence-electron chi connectivity index (χ2n) is 11.9. The molecule has 4 nitrogen and oxygen atoms in total. The van der Waals surface area contributed by atoms with E-state index in [1.165, 1.54) is 43.4 Å². The van der Waals surface area contributed by atoms with Crippen molar-refractivity contribution in [2.45, 2.75) is 0 Å². The van der Waals surface area contributed by atoms with Crippen LogP contribution in [0.3, 0.4) is 0 Å². The summed E-state index contributed by atoms with van der Waals surface area (Å²) in [5.74, 6) is 1.88. The lowest BCUT2D eigenvalue weighted by molar-refractivity contribution is 1.07. The predicted molar refractivity (Wildman–Crippen MR) is 197 cm³/mol. The Morgan fingerprint density at radius 3 is 1.23 bits per heavy atom. The standard InChI is InChI=1S/C44H28N4/c1-2-10-29(11-3-1)42-46-43(30-22-24-45-25-23-30)48-44(47-42)35-15-9-14-33(27-35)31-12-8-13-32(26-31)34-20-21-40-38-18-5-4-16-36(38)37-17-6-7-19-39(37)41(40)28-34/h1-28H. The number of hydrogen-bond acceptors (Lipinski definition) is 4. The summed E-state index contributed by atoms with van der Waals surface area (Å²) in [5, 5.41) is 7.67. The van der Waals surface area contributed by atoms with Crippen LogP contribution in [0.15, 0.2) is 170 Å². The van der Waals surface area contributed by atoms with E-state index in [0.29, 0.717) is 17.5 Å². The fourth-order valence-electron chi connectivity index (χ4n) is 6.65. The van der Waals surface area contributed by atoms with Crippen molar-refractivity contribution >= 4 is 32.3 Å². The van der Waals surface area contributed by atoms with Gasteiger partial charge in [0.2, 0.25) is 0 Å². The van der Waals surface area contributed by atoms with E-state index in [4.69, 9.17) is 15.0 Å². The number of fused-ring (bicyclic) bond motifs is 6. The van der Waals surface area contributed by atoms with E-state index in [-0.39, 0.29) is 0 Å². The van der Waals surface area contributed by atoms with Crippen LogP contribution in [0.1, 0.15) is 0 Å². The van der Waals surface area contributed by atoms with Gasteiger partial charge < -0.3 is 0 Å². The Bertz CT molecular complexity index is 2520. The molecule has 0 aliphatic heterocycles. The van der Waals surface area contributed by atoms with E-state index in [1.807, 2.05) is 42.5 Å². The minimum Gasteiger partial charge on any atom is -0.265 e. The van der Waals surface area contributed by atoms with E-state index in [9.17, 15) is 0 Å². The summed E-state index contributed by atoms with van der Waals surface area (Å²) in [6.07, 6.45) is 3.52. The van der Waals surface area contributed by atoms with Gasteiger partial charge in [-0.3, -0.25) is 4.98 Å². The molecule has 0 atom stereocenters. The first kappa shape index (κ1) is 27.8. The van der Waals surface area contributed by atoms with E-state index in [0.717, 1.165) is 27.8 Å². The number of aromatic nitrogens is 4. The summed E-state index contributed by atoms with van der Waals surface area (Å²) < 4.78 is 0. The average Bonchev–Trinajstić information content (AvgIpc) is 3.18. The van der Waals surface area contributed by atoms with Crippen molar-refractivity contribution in [3.05, 3.63) is 170 Å². The number of pyridine rings is 1. The molecule has 0 spiro atoms. The summed E-state index contributed by atoms with van der Waals surface area (Å²) in [4.78, 5) is 18.9. The lowest BCUT2D eigenvalue weighted by Gasteiger charge is -2.13. The highest BCUT2D eigenvalue weighted by molar-refractivity contribution is 6.25. The van der Waals surface area contributed by atoms with Crippen molar-refractivity contribution in [3.63, 3.8) is 0 Å². The molecule has 224 valence electrons.